The SMILES string of the molecule is O=C(NCc1ccc(Br)s1)c1ccc(S(=O)(=O)NC2CC2)cc1. The van der Waals surface area contributed by atoms with Crippen LogP contribution in [0.25, 0.3) is 0 Å². The molecule has 2 aromatic rings. The van der Waals surface area contributed by atoms with Gasteiger partial charge < -0.3 is 5.32 Å². The van der Waals surface area contributed by atoms with Crippen molar-refractivity contribution in [2.75, 3.05) is 0 Å². The van der Waals surface area contributed by atoms with Crippen LogP contribution < -0.4 is 10.0 Å². The summed E-state index contributed by atoms with van der Waals surface area (Å²) in [5.41, 5.74) is 0.436. The molecule has 0 atom stereocenters. The molecule has 122 valence electrons. The van der Waals surface area contributed by atoms with E-state index in [0.29, 0.717) is 12.1 Å². The van der Waals surface area contributed by atoms with Gasteiger partial charge >= 0.3 is 0 Å². The lowest BCUT2D eigenvalue weighted by Crippen LogP contribution is -2.26. The van der Waals surface area contributed by atoms with E-state index in [1.165, 1.54) is 24.3 Å². The highest BCUT2D eigenvalue weighted by Gasteiger charge is 2.27. The van der Waals surface area contributed by atoms with E-state index in [1.807, 2.05) is 12.1 Å². The molecule has 3 rings (SSSR count). The summed E-state index contributed by atoms with van der Waals surface area (Å²) >= 11 is 4.93. The fourth-order valence-corrected chi connectivity index (χ4v) is 4.72. The van der Waals surface area contributed by atoms with Gasteiger partial charge in [0.2, 0.25) is 10.0 Å². The number of halogens is 1. The smallest absolute Gasteiger partial charge is 0.251 e. The first-order valence-corrected chi connectivity index (χ1v) is 10.2. The molecule has 1 aromatic heterocycles. The van der Waals surface area contributed by atoms with Gasteiger partial charge in [0.1, 0.15) is 0 Å². The first-order valence-electron chi connectivity index (χ1n) is 7.09. The summed E-state index contributed by atoms with van der Waals surface area (Å²) in [7, 11) is -3.48. The standard InChI is InChI=1S/C15H15BrN2O3S2/c16-14-8-5-12(22-14)9-17-15(19)10-1-6-13(7-2-10)23(20,21)18-11-3-4-11/h1-2,5-8,11,18H,3-4,9H2,(H,17,19). The lowest BCUT2D eigenvalue weighted by molar-refractivity contribution is 0.0951. The van der Waals surface area contributed by atoms with Gasteiger partial charge in [-0.2, -0.15) is 0 Å². The van der Waals surface area contributed by atoms with E-state index in [-0.39, 0.29) is 16.8 Å². The maximum Gasteiger partial charge on any atom is 0.251 e. The molecule has 5 nitrogen and oxygen atoms in total. The topological polar surface area (TPSA) is 75.3 Å². The number of thiophene rings is 1. The Kier molecular flexibility index (Phi) is 4.86. The second-order valence-corrected chi connectivity index (χ2v) is 9.57. The number of sulfonamides is 1. The summed E-state index contributed by atoms with van der Waals surface area (Å²) in [6.07, 6.45) is 1.77. The molecule has 1 aliphatic rings. The zero-order chi connectivity index (χ0) is 16.4. The fourth-order valence-electron chi connectivity index (χ4n) is 1.99. The van der Waals surface area contributed by atoms with Crippen molar-refractivity contribution >= 4 is 43.2 Å². The minimum absolute atomic E-state index is 0.0631. The Hall–Kier alpha value is -1.22. The summed E-state index contributed by atoms with van der Waals surface area (Å²) in [5.74, 6) is -0.228. The number of nitrogens with one attached hydrogen (secondary N) is 2. The first-order chi connectivity index (χ1) is 10.9. The summed E-state index contributed by atoms with van der Waals surface area (Å²) in [4.78, 5) is 13.3. The van der Waals surface area contributed by atoms with Crippen LogP contribution in [0.4, 0.5) is 0 Å². The number of rotatable bonds is 6. The predicted molar refractivity (Wildman–Crippen MR) is 93.0 cm³/mol. The van der Waals surface area contributed by atoms with Crippen LogP contribution in [0, 0.1) is 0 Å². The Labute approximate surface area is 147 Å². The first kappa shape index (κ1) is 16.6. The van der Waals surface area contributed by atoms with Crippen molar-refractivity contribution in [1.82, 2.24) is 10.0 Å². The Balaban J connectivity index is 1.63. The van der Waals surface area contributed by atoms with Crippen molar-refractivity contribution in [2.24, 2.45) is 0 Å². The van der Waals surface area contributed by atoms with Crippen LogP contribution >= 0.6 is 27.3 Å². The lowest BCUT2D eigenvalue weighted by atomic mass is 10.2. The van der Waals surface area contributed by atoms with Gasteiger partial charge in [0.25, 0.3) is 5.91 Å². The van der Waals surface area contributed by atoms with Crippen LogP contribution in [0.3, 0.4) is 0 Å². The molecular weight excluding hydrogens is 400 g/mol. The average molecular weight is 415 g/mol. The Morgan fingerprint density at radius 2 is 1.87 bits per heavy atom. The second kappa shape index (κ2) is 6.72. The maximum atomic E-state index is 12.1. The minimum Gasteiger partial charge on any atom is -0.347 e. The summed E-state index contributed by atoms with van der Waals surface area (Å²) in [5, 5.41) is 2.81. The summed E-state index contributed by atoms with van der Waals surface area (Å²) in [6.45, 7) is 0.443. The van der Waals surface area contributed by atoms with Crippen molar-refractivity contribution in [2.45, 2.75) is 30.3 Å². The molecule has 0 unspecified atom stereocenters. The van der Waals surface area contributed by atoms with Gasteiger partial charge in [-0.25, -0.2) is 13.1 Å². The molecule has 1 heterocycles. The van der Waals surface area contributed by atoms with Crippen LogP contribution in [-0.4, -0.2) is 20.4 Å². The number of amides is 1. The fraction of sp³-hybridized carbons (Fsp3) is 0.267. The van der Waals surface area contributed by atoms with Crippen molar-refractivity contribution in [3.63, 3.8) is 0 Å². The van der Waals surface area contributed by atoms with Gasteiger partial charge in [0.05, 0.1) is 15.2 Å². The van der Waals surface area contributed by atoms with Crippen molar-refractivity contribution in [1.29, 1.82) is 0 Å². The molecule has 1 aliphatic carbocycles. The molecule has 8 heteroatoms. The van der Waals surface area contributed by atoms with Crippen LogP contribution in [-0.2, 0) is 16.6 Å². The molecule has 0 radical (unpaired) electrons. The van der Waals surface area contributed by atoms with E-state index in [2.05, 4.69) is 26.0 Å². The van der Waals surface area contributed by atoms with E-state index < -0.39 is 10.0 Å². The van der Waals surface area contributed by atoms with Crippen LogP contribution in [0.15, 0.2) is 45.1 Å². The Morgan fingerprint density at radius 1 is 1.17 bits per heavy atom. The van der Waals surface area contributed by atoms with Gasteiger partial charge in [-0.1, -0.05) is 0 Å². The maximum absolute atomic E-state index is 12.1. The van der Waals surface area contributed by atoms with Crippen LogP contribution in [0.2, 0.25) is 0 Å². The molecular formula is C15H15BrN2O3S2. The third-order valence-electron chi connectivity index (χ3n) is 3.38. The minimum atomic E-state index is -3.48. The Bertz CT molecular complexity index is 812. The largest absolute Gasteiger partial charge is 0.347 e. The van der Waals surface area contributed by atoms with Gasteiger partial charge in [-0.3, -0.25) is 4.79 Å². The molecule has 23 heavy (non-hydrogen) atoms. The molecule has 2 N–H and O–H groups in total. The molecule has 1 saturated carbocycles. The number of hydrogen-bond acceptors (Lipinski definition) is 4. The van der Waals surface area contributed by atoms with Crippen LogP contribution in [0.5, 0.6) is 0 Å². The monoisotopic (exact) mass is 414 g/mol. The molecule has 0 saturated heterocycles. The highest BCUT2D eigenvalue weighted by Crippen LogP contribution is 2.23. The number of carbonyl (C=O) groups excluding carboxylic acids is 1. The number of benzene rings is 1. The van der Waals surface area contributed by atoms with E-state index >= 15 is 0 Å². The number of carbonyl (C=O) groups is 1. The molecule has 0 spiro atoms. The van der Waals surface area contributed by atoms with Crippen molar-refractivity contribution < 1.29 is 13.2 Å². The molecule has 1 amide bonds. The quantitative estimate of drug-likeness (QED) is 0.762. The van der Waals surface area contributed by atoms with Gasteiger partial charge in [-0.05, 0) is 65.2 Å². The third-order valence-corrected chi connectivity index (χ3v) is 6.54. The average Bonchev–Trinajstić information content (AvgIpc) is 3.23. The summed E-state index contributed by atoms with van der Waals surface area (Å²) in [6, 6.07) is 9.91. The highest BCUT2D eigenvalue weighted by atomic mass is 79.9. The van der Waals surface area contributed by atoms with Crippen molar-refractivity contribution in [3.05, 3.63) is 50.6 Å². The van der Waals surface area contributed by atoms with Gasteiger partial charge in [0, 0.05) is 16.5 Å². The predicted octanol–water partition coefficient (Wildman–Crippen LogP) is 2.88. The van der Waals surface area contributed by atoms with Crippen molar-refractivity contribution in [3.8, 4) is 0 Å². The highest BCUT2D eigenvalue weighted by molar-refractivity contribution is 9.11. The molecule has 1 aromatic carbocycles. The van der Waals surface area contributed by atoms with E-state index in [1.54, 1.807) is 11.3 Å². The molecule has 0 bridgehead atoms. The van der Waals surface area contributed by atoms with E-state index in [9.17, 15) is 13.2 Å². The number of hydrogen-bond donors (Lipinski definition) is 2. The lowest BCUT2D eigenvalue weighted by Gasteiger charge is -2.07. The Morgan fingerprint density at radius 3 is 2.43 bits per heavy atom. The zero-order valence-corrected chi connectivity index (χ0v) is 15.3. The van der Waals surface area contributed by atoms with E-state index in [0.717, 1.165) is 21.5 Å². The van der Waals surface area contributed by atoms with Gasteiger partial charge in [0.15, 0.2) is 0 Å². The summed E-state index contributed by atoms with van der Waals surface area (Å²) < 4.78 is 27.8. The zero-order valence-electron chi connectivity index (χ0n) is 12.1. The second-order valence-electron chi connectivity index (χ2n) is 5.31. The molecule has 0 aliphatic heterocycles. The normalized spacial score (nSPS) is 14.7. The third kappa shape index (κ3) is 4.41. The van der Waals surface area contributed by atoms with E-state index in [4.69, 9.17) is 0 Å². The van der Waals surface area contributed by atoms with Crippen LogP contribution in [0.1, 0.15) is 28.1 Å². The van der Waals surface area contributed by atoms with Gasteiger partial charge in [-0.15, -0.1) is 11.3 Å². The molecule has 1 fully saturated rings.